The number of ketones is 1. The molecule has 1 N–H and O–H groups in total. The summed E-state index contributed by atoms with van der Waals surface area (Å²) in [7, 11) is 1.98. The van der Waals surface area contributed by atoms with Crippen LogP contribution < -0.4 is 0 Å². The van der Waals surface area contributed by atoms with Gasteiger partial charge in [0.1, 0.15) is 11.2 Å². The standard InChI is InChI=1S/C21H33N3O2.CH3.V/c1-14(2)15(13-25)9-7-8-10-18(26)17-12-22-16-11-19(21(3,4)5)24(6)20(16)23-17;;/h11-12,14-15,25H,7-10,13H2,1-6H3;1H3;/q;-1;. The van der Waals surface area contributed by atoms with Crippen LogP contribution in [0, 0.1) is 19.3 Å². The van der Waals surface area contributed by atoms with Gasteiger partial charge in [-0.25, -0.2) is 4.98 Å². The second-order valence-electron chi connectivity index (χ2n) is 8.66. The average molecular weight is 425 g/mol. The van der Waals surface area contributed by atoms with Crippen LogP contribution in [0.4, 0.5) is 0 Å². The zero-order valence-corrected chi connectivity index (χ0v) is 19.9. The quantitative estimate of drug-likeness (QED) is 0.377. The third-order valence-corrected chi connectivity index (χ3v) is 5.19. The maximum absolute atomic E-state index is 12.5. The van der Waals surface area contributed by atoms with Gasteiger partial charge in [0.25, 0.3) is 0 Å². The van der Waals surface area contributed by atoms with Crippen molar-refractivity contribution in [3.63, 3.8) is 0 Å². The number of carbonyl (C=O) groups excluding carboxylic acids is 1. The van der Waals surface area contributed by atoms with E-state index >= 15 is 0 Å². The Morgan fingerprint density at radius 1 is 1.25 bits per heavy atom. The van der Waals surface area contributed by atoms with Gasteiger partial charge in [0.15, 0.2) is 11.4 Å². The molecule has 28 heavy (non-hydrogen) atoms. The normalized spacial score (nSPS) is 12.6. The largest absolute Gasteiger partial charge is 0.396 e. The Kier molecular flexibility index (Phi) is 10.7. The molecule has 1 radical (unpaired) electrons. The Bertz CT molecular complexity index is 763. The van der Waals surface area contributed by atoms with Crippen LogP contribution in [0.25, 0.3) is 11.2 Å². The first-order valence-electron chi connectivity index (χ1n) is 9.62. The Morgan fingerprint density at radius 2 is 1.89 bits per heavy atom. The summed E-state index contributed by atoms with van der Waals surface area (Å²) in [6.45, 7) is 10.9. The van der Waals surface area contributed by atoms with Gasteiger partial charge in [-0.15, -0.1) is 0 Å². The first-order chi connectivity index (χ1) is 12.1. The zero-order chi connectivity index (χ0) is 19.5. The third-order valence-electron chi connectivity index (χ3n) is 5.19. The molecular formula is C22H36N3O2V-. The number of fused-ring (bicyclic) bond motifs is 1. The molecule has 5 nitrogen and oxygen atoms in total. The molecule has 2 rings (SSSR count). The van der Waals surface area contributed by atoms with Gasteiger partial charge in [-0.3, -0.25) is 9.78 Å². The summed E-state index contributed by atoms with van der Waals surface area (Å²) in [4.78, 5) is 21.5. The van der Waals surface area contributed by atoms with Crippen LogP contribution in [-0.4, -0.2) is 32.0 Å². The van der Waals surface area contributed by atoms with Crippen LogP contribution >= 0.6 is 0 Å². The van der Waals surface area contributed by atoms with Crippen molar-refractivity contribution < 1.29 is 28.5 Å². The van der Waals surface area contributed by atoms with Crippen molar-refractivity contribution in [2.24, 2.45) is 18.9 Å². The van der Waals surface area contributed by atoms with E-state index in [0.29, 0.717) is 24.0 Å². The number of nitrogens with zero attached hydrogens (tertiary/aromatic N) is 3. The van der Waals surface area contributed by atoms with Crippen molar-refractivity contribution >= 4 is 16.9 Å². The molecular weight excluding hydrogens is 389 g/mol. The van der Waals surface area contributed by atoms with Gasteiger partial charge in [-0.1, -0.05) is 41.0 Å². The number of aliphatic hydroxyl groups is 1. The van der Waals surface area contributed by atoms with E-state index in [1.807, 2.05) is 11.6 Å². The first kappa shape index (κ1) is 26.8. The summed E-state index contributed by atoms with van der Waals surface area (Å²) in [6, 6.07) is 2.05. The molecule has 0 saturated carbocycles. The maximum atomic E-state index is 12.5. The molecule has 2 aromatic heterocycles. The molecule has 2 heterocycles. The van der Waals surface area contributed by atoms with Gasteiger partial charge in [0.2, 0.25) is 0 Å². The van der Waals surface area contributed by atoms with Crippen LogP contribution in [0.2, 0.25) is 0 Å². The fourth-order valence-electron chi connectivity index (χ4n) is 3.39. The van der Waals surface area contributed by atoms with E-state index in [1.54, 1.807) is 6.20 Å². The fourth-order valence-corrected chi connectivity index (χ4v) is 3.39. The van der Waals surface area contributed by atoms with E-state index < -0.39 is 0 Å². The van der Waals surface area contributed by atoms with E-state index in [2.05, 4.69) is 50.7 Å². The van der Waals surface area contributed by atoms with Crippen molar-refractivity contribution in [3.8, 4) is 0 Å². The molecule has 0 aromatic carbocycles. The molecule has 0 aliphatic rings. The molecule has 0 aliphatic carbocycles. The first-order valence-corrected chi connectivity index (χ1v) is 9.62. The minimum atomic E-state index is 0. The number of hydrogen-bond donors (Lipinski definition) is 1. The number of unbranched alkanes of at least 4 members (excludes halogenated alkanes) is 1. The minimum absolute atomic E-state index is 0. The van der Waals surface area contributed by atoms with Crippen molar-refractivity contribution in [2.75, 3.05) is 6.61 Å². The van der Waals surface area contributed by atoms with E-state index in [9.17, 15) is 9.90 Å². The van der Waals surface area contributed by atoms with Gasteiger partial charge in [0.05, 0.1) is 6.20 Å². The van der Waals surface area contributed by atoms with Gasteiger partial charge in [-0.05, 0) is 30.7 Å². The number of carbonyl (C=O) groups is 1. The summed E-state index contributed by atoms with van der Waals surface area (Å²) < 4.78 is 2.04. The van der Waals surface area contributed by atoms with E-state index in [-0.39, 0.29) is 43.8 Å². The Labute approximate surface area is 182 Å². The number of aryl methyl sites for hydroxylation is 1. The third kappa shape index (κ3) is 6.43. The monoisotopic (exact) mass is 425 g/mol. The van der Waals surface area contributed by atoms with Gasteiger partial charge >= 0.3 is 0 Å². The fraction of sp³-hybridized carbons (Fsp3) is 0.636. The summed E-state index contributed by atoms with van der Waals surface area (Å²) >= 11 is 0. The number of aliphatic hydroxyl groups excluding tert-OH is 1. The molecule has 0 saturated heterocycles. The molecule has 0 spiro atoms. The average Bonchev–Trinajstić information content (AvgIpc) is 2.91. The van der Waals surface area contributed by atoms with Gasteiger partial charge in [0, 0.05) is 49.7 Å². The molecule has 0 aliphatic heterocycles. The zero-order valence-electron chi connectivity index (χ0n) is 18.5. The molecule has 0 amide bonds. The molecule has 157 valence electrons. The second kappa shape index (κ2) is 11.1. The molecule has 6 heteroatoms. The minimum Gasteiger partial charge on any atom is -0.396 e. The smallest absolute Gasteiger partial charge is 0.182 e. The Balaban J connectivity index is 0.00000364. The Morgan fingerprint density at radius 3 is 2.43 bits per heavy atom. The van der Waals surface area contributed by atoms with Crippen LogP contribution in [0.1, 0.15) is 76.5 Å². The van der Waals surface area contributed by atoms with Crippen molar-refractivity contribution in [3.05, 3.63) is 31.1 Å². The van der Waals surface area contributed by atoms with Crippen molar-refractivity contribution in [1.82, 2.24) is 14.5 Å². The van der Waals surface area contributed by atoms with E-state index in [1.165, 1.54) is 0 Å². The van der Waals surface area contributed by atoms with E-state index in [0.717, 1.165) is 36.1 Å². The predicted octanol–water partition coefficient (Wildman–Crippen LogP) is 4.72. The van der Waals surface area contributed by atoms with Crippen molar-refractivity contribution in [1.29, 1.82) is 0 Å². The van der Waals surface area contributed by atoms with E-state index in [4.69, 9.17) is 0 Å². The van der Waals surface area contributed by atoms with Crippen LogP contribution in [0.15, 0.2) is 12.3 Å². The summed E-state index contributed by atoms with van der Waals surface area (Å²) in [5.74, 6) is 0.835. The van der Waals surface area contributed by atoms with Gasteiger partial charge in [-0.2, -0.15) is 0 Å². The van der Waals surface area contributed by atoms with Crippen LogP contribution in [-0.2, 0) is 31.0 Å². The number of hydrogen-bond acceptors (Lipinski definition) is 4. The molecule has 1 unspecified atom stereocenters. The van der Waals surface area contributed by atoms with Crippen LogP contribution in [0.5, 0.6) is 0 Å². The second-order valence-corrected chi connectivity index (χ2v) is 8.66. The summed E-state index contributed by atoms with van der Waals surface area (Å²) in [5, 5.41) is 9.38. The summed E-state index contributed by atoms with van der Waals surface area (Å²) in [6.07, 6.45) is 4.80. The predicted molar refractivity (Wildman–Crippen MR) is 112 cm³/mol. The molecule has 2 aromatic rings. The molecule has 1 atom stereocenters. The molecule has 0 bridgehead atoms. The van der Waals surface area contributed by atoms with Crippen LogP contribution in [0.3, 0.4) is 0 Å². The number of Topliss-reactive ketones (excluding diaryl/α,β-unsaturated/α-hetero) is 1. The topological polar surface area (TPSA) is 68.0 Å². The number of rotatable bonds is 8. The maximum Gasteiger partial charge on any atom is 0.182 e. The Hall–Kier alpha value is -1.17. The SMILES string of the molecule is CC(C)C(CO)CCCCC(=O)c1cnc2cc(C(C)(C)C)n(C)c2n1.[CH3-].[V]. The molecule has 0 fully saturated rings. The van der Waals surface area contributed by atoms with Crippen molar-refractivity contribution in [2.45, 2.75) is 65.7 Å². The van der Waals surface area contributed by atoms with Gasteiger partial charge < -0.3 is 17.1 Å². The number of aromatic nitrogens is 3. The summed E-state index contributed by atoms with van der Waals surface area (Å²) in [5.41, 5.74) is 3.20.